The topological polar surface area (TPSA) is 64.9 Å². The predicted molar refractivity (Wildman–Crippen MR) is 98.1 cm³/mol. The summed E-state index contributed by atoms with van der Waals surface area (Å²) < 4.78 is 13.1. The van der Waals surface area contributed by atoms with E-state index in [0.717, 1.165) is 22.6 Å². The van der Waals surface area contributed by atoms with Crippen LogP contribution < -0.4 is 14.8 Å². The summed E-state index contributed by atoms with van der Waals surface area (Å²) in [6.45, 7) is 0.395. The number of pyridine rings is 1. The largest absolute Gasteiger partial charge is 0.493 e. The molecule has 7 heteroatoms. The van der Waals surface area contributed by atoms with Gasteiger partial charge < -0.3 is 19.2 Å². The van der Waals surface area contributed by atoms with Gasteiger partial charge in [0.15, 0.2) is 11.5 Å². The van der Waals surface area contributed by atoms with Crippen molar-refractivity contribution in [2.45, 2.75) is 18.9 Å². The molecule has 0 bridgehead atoms. The smallest absolute Gasteiger partial charge is 0.221 e. The molecule has 0 saturated carbocycles. The van der Waals surface area contributed by atoms with Gasteiger partial charge in [0.1, 0.15) is 5.65 Å². The van der Waals surface area contributed by atoms with Gasteiger partial charge in [-0.1, -0.05) is 17.7 Å². The number of imidazole rings is 1. The highest BCUT2D eigenvalue weighted by molar-refractivity contribution is 6.30. The number of carbonyl (C=O) groups excluding carboxylic acids is 1. The summed E-state index contributed by atoms with van der Waals surface area (Å²) in [6.07, 6.45) is 2.23. The number of carbonyl (C=O) groups is 1. The first-order valence-electron chi connectivity index (χ1n) is 8.26. The van der Waals surface area contributed by atoms with Crippen molar-refractivity contribution in [3.8, 4) is 11.5 Å². The zero-order chi connectivity index (χ0) is 18.3. The van der Waals surface area contributed by atoms with Crippen molar-refractivity contribution >= 4 is 23.2 Å². The molecule has 2 aromatic heterocycles. The van der Waals surface area contributed by atoms with Gasteiger partial charge in [0, 0.05) is 35.2 Å². The Balaban J connectivity index is 2.00. The van der Waals surface area contributed by atoms with Crippen molar-refractivity contribution in [3.05, 3.63) is 58.5 Å². The minimum Gasteiger partial charge on any atom is -0.493 e. The van der Waals surface area contributed by atoms with Gasteiger partial charge in [0.2, 0.25) is 5.91 Å². The first-order chi connectivity index (χ1) is 12.6. The Morgan fingerprint density at radius 1 is 1.27 bits per heavy atom. The lowest BCUT2D eigenvalue weighted by molar-refractivity contribution is -0.121. The molecule has 26 heavy (non-hydrogen) atoms. The first kappa shape index (κ1) is 16.7. The molecule has 1 amide bonds. The third kappa shape index (κ3) is 2.66. The highest BCUT2D eigenvalue weighted by Crippen LogP contribution is 2.43. The fourth-order valence-electron chi connectivity index (χ4n) is 3.57. The third-order valence-corrected chi connectivity index (χ3v) is 4.88. The molecule has 0 spiro atoms. The normalized spacial score (nSPS) is 16.7. The molecule has 0 radical (unpaired) electrons. The van der Waals surface area contributed by atoms with E-state index < -0.39 is 0 Å². The number of ether oxygens (including phenoxy) is 2. The maximum atomic E-state index is 12.4. The van der Waals surface area contributed by atoms with Gasteiger partial charge in [-0.25, -0.2) is 4.98 Å². The lowest BCUT2D eigenvalue weighted by Gasteiger charge is -2.21. The standard InChI is InChI=1S/C19H18ClN3O3/c1-25-15-8-11(20)7-13(19(15)26-2)12-9-17(24)21-10-14-18(12)23-6-4-3-5-16(23)22-14/h3-8,12H,9-10H2,1-2H3,(H,21,24)/t12-/m0/s1. The number of rotatable bonds is 3. The zero-order valence-electron chi connectivity index (χ0n) is 14.5. The summed E-state index contributed by atoms with van der Waals surface area (Å²) in [5.41, 5.74) is 3.45. The molecular formula is C19H18ClN3O3. The van der Waals surface area contributed by atoms with Crippen LogP contribution >= 0.6 is 11.6 Å². The maximum Gasteiger partial charge on any atom is 0.221 e. The molecule has 1 aliphatic heterocycles. The molecule has 134 valence electrons. The monoisotopic (exact) mass is 371 g/mol. The van der Waals surface area contributed by atoms with Gasteiger partial charge in [-0.15, -0.1) is 0 Å². The second-order valence-electron chi connectivity index (χ2n) is 6.14. The zero-order valence-corrected chi connectivity index (χ0v) is 15.2. The number of benzene rings is 1. The van der Waals surface area contributed by atoms with Crippen LogP contribution in [-0.4, -0.2) is 29.5 Å². The number of methoxy groups -OCH3 is 2. The minimum atomic E-state index is -0.257. The lowest BCUT2D eigenvalue weighted by Crippen LogP contribution is -2.21. The van der Waals surface area contributed by atoms with E-state index in [2.05, 4.69) is 10.3 Å². The summed E-state index contributed by atoms with van der Waals surface area (Å²) in [5.74, 6) is 0.814. The average Bonchev–Trinajstić information content (AvgIpc) is 2.93. The van der Waals surface area contributed by atoms with Crippen LogP contribution in [-0.2, 0) is 11.3 Å². The number of nitrogens with zero attached hydrogens (tertiary/aromatic N) is 2. The highest BCUT2D eigenvalue weighted by atomic mass is 35.5. The van der Waals surface area contributed by atoms with E-state index in [1.54, 1.807) is 20.3 Å². The Morgan fingerprint density at radius 3 is 2.88 bits per heavy atom. The van der Waals surface area contributed by atoms with Crippen LogP contribution in [0.1, 0.15) is 29.3 Å². The van der Waals surface area contributed by atoms with E-state index in [0.29, 0.717) is 23.1 Å². The van der Waals surface area contributed by atoms with E-state index >= 15 is 0 Å². The van der Waals surface area contributed by atoms with Crippen LogP contribution in [0.25, 0.3) is 5.65 Å². The Bertz CT molecular complexity index is 999. The van der Waals surface area contributed by atoms with Crippen molar-refractivity contribution in [1.82, 2.24) is 14.7 Å². The second kappa shape index (κ2) is 6.53. The number of amides is 1. The Labute approximate surface area is 155 Å². The molecule has 1 aliphatic rings. The fourth-order valence-corrected chi connectivity index (χ4v) is 3.79. The van der Waals surface area contributed by atoms with E-state index in [1.165, 1.54) is 0 Å². The molecule has 3 heterocycles. The maximum absolute atomic E-state index is 12.4. The van der Waals surface area contributed by atoms with Crippen LogP contribution in [0.3, 0.4) is 0 Å². The number of fused-ring (bicyclic) bond motifs is 3. The van der Waals surface area contributed by atoms with Crippen LogP contribution in [0.2, 0.25) is 5.02 Å². The van der Waals surface area contributed by atoms with Crippen molar-refractivity contribution in [3.63, 3.8) is 0 Å². The van der Waals surface area contributed by atoms with Gasteiger partial charge in [-0.2, -0.15) is 0 Å². The Hall–Kier alpha value is -2.73. The number of hydrogen-bond acceptors (Lipinski definition) is 4. The molecule has 0 unspecified atom stereocenters. The van der Waals surface area contributed by atoms with Crippen molar-refractivity contribution < 1.29 is 14.3 Å². The lowest BCUT2D eigenvalue weighted by atomic mass is 9.90. The molecular weight excluding hydrogens is 354 g/mol. The molecule has 0 aliphatic carbocycles. The van der Waals surface area contributed by atoms with Gasteiger partial charge in [-0.3, -0.25) is 4.79 Å². The number of nitrogens with one attached hydrogen (secondary N) is 1. The van der Waals surface area contributed by atoms with Crippen LogP contribution in [0.15, 0.2) is 36.5 Å². The van der Waals surface area contributed by atoms with Crippen molar-refractivity contribution in [2.24, 2.45) is 0 Å². The van der Waals surface area contributed by atoms with E-state index in [1.807, 2.05) is 34.9 Å². The third-order valence-electron chi connectivity index (χ3n) is 4.66. The van der Waals surface area contributed by atoms with E-state index in [4.69, 9.17) is 21.1 Å². The minimum absolute atomic E-state index is 0.0429. The number of hydrogen-bond donors (Lipinski definition) is 1. The summed E-state index contributed by atoms with van der Waals surface area (Å²) in [5, 5.41) is 3.45. The average molecular weight is 372 g/mol. The number of aromatic nitrogens is 2. The Morgan fingerprint density at radius 2 is 2.12 bits per heavy atom. The summed E-state index contributed by atoms with van der Waals surface area (Å²) in [7, 11) is 3.15. The summed E-state index contributed by atoms with van der Waals surface area (Å²) in [6, 6.07) is 9.37. The van der Waals surface area contributed by atoms with E-state index in [-0.39, 0.29) is 18.2 Å². The summed E-state index contributed by atoms with van der Waals surface area (Å²) in [4.78, 5) is 17.0. The SMILES string of the molecule is COc1cc(Cl)cc([C@@H]2CC(=O)NCc3nc4ccccn4c32)c1OC. The van der Waals surface area contributed by atoms with Crippen molar-refractivity contribution in [2.75, 3.05) is 14.2 Å². The predicted octanol–water partition coefficient (Wildman–Crippen LogP) is 3.16. The molecule has 1 aromatic carbocycles. The number of halogens is 1. The molecule has 1 N–H and O–H groups in total. The molecule has 6 nitrogen and oxygen atoms in total. The van der Waals surface area contributed by atoms with Gasteiger partial charge in [0.25, 0.3) is 0 Å². The molecule has 0 fully saturated rings. The Kier molecular flexibility index (Phi) is 4.20. The van der Waals surface area contributed by atoms with Crippen molar-refractivity contribution in [1.29, 1.82) is 0 Å². The van der Waals surface area contributed by atoms with E-state index in [9.17, 15) is 4.79 Å². The summed E-state index contributed by atoms with van der Waals surface area (Å²) >= 11 is 6.31. The second-order valence-corrected chi connectivity index (χ2v) is 6.57. The highest BCUT2D eigenvalue weighted by Gasteiger charge is 2.32. The molecule has 3 aromatic rings. The van der Waals surface area contributed by atoms with Gasteiger partial charge >= 0.3 is 0 Å². The quantitative estimate of drug-likeness (QED) is 0.768. The van der Waals surface area contributed by atoms with Crippen LogP contribution in [0.4, 0.5) is 0 Å². The van der Waals surface area contributed by atoms with Gasteiger partial charge in [0.05, 0.1) is 32.2 Å². The molecule has 1 atom stereocenters. The van der Waals surface area contributed by atoms with Gasteiger partial charge in [-0.05, 0) is 18.2 Å². The molecule has 4 rings (SSSR count). The molecule has 0 saturated heterocycles. The fraction of sp³-hybridized carbons (Fsp3) is 0.263. The first-order valence-corrected chi connectivity index (χ1v) is 8.64. The van der Waals surface area contributed by atoms with Crippen LogP contribution in [0.5, 0.6) is 11.5 Å². The van der Waals surface area contributed by atoms with Crippen LogP contribution in [0, 0.1) is 0 Å².